The first-order chi connectivity index (χ1) is 11.8. The quantitative estimate of drug-likeness (QED) is 0.676. The Morgan fingerprint density at radius 3 is 3.04 bits per heavy atom. The zero-order valence-electron chi connectivity index (χ0n) is 14.4. The summed E-state index contributed by atoms with van der Waals surface area (Å²) in [7, 11) is 1.87. The Morgan fingerprint density at radius 1 is 1.29 bits per heavy atom. The van der Waals surface area contributed by atoms with Gasteiger partial charge in [0.15, 0.2) is 5.96 Å². The summed E-state index contributed by atoms with van der Waals surface area (Å²) in [6, 6.07) is 8.60. The molecule has 2 aromatic rings. The van der Waals surface area contributed by atoms with E-state index >= 15 is 0 Å². The molecule has 2 aliphatic rings. The van der Waals surface area contributed by atoms with Crippen molar-refractivity contribution in [1.82, 2.24) is 20.1 Å². The first-order valence-electron chi connectivity index (χ1n) is 8.71. The van der Waals surface area contributed by atoms with Crippen LogP contribution in [-0.4, -0.2) is 40.9 Å². The zero-order chi connectivity index (χ0) is 16.5. The van der Waals surface area contributed by atoms with E-state index in [0.717, 1.165) is 56.5 Å². The number of nitrogens with one attached hydrogen (secondary N) is 1. The molecular weight excluding hydrogens is 300 g/mol. The Hall–Kier alpha value is -2.37. The lowest BCUT2D eigenvalue weighted by Gasteiger charge is -2.27. The van der Waals surface area contributed by atoms with E-state index in [4.69, 9.17) is 0 Å². The second kappa shape index (κ2) is 6.26. The maximum Gasteiger partial charge on any atom is 0.198 e. The molecule has 0 bridgehead atoms. The Bertz CT molecular complexity index is 763. The summed E-state index contributed by atoms with van der Waals surface area (Å²) >= 11 is 0. The Morgan fingerprint density at radius 2 is 2.17 bits per heavy atom. The van der Waals surface area contributed by atoms with Crippen LogP contribution in [0.3, 0.4) is 0 Å². The van der Waals surface area contributed by atoms with E-state index in [2.05, 4.69) is 54.2 Å². The van der Waals surface area contributed by atoms with Gasteiger partial charge in [-0.15, -0.1) is 10.2 Å². The number of hydrogen-bond acceptors (Lipinski definition) is 3. The predicted octanol–water partition coefficient (Wildman–Crippen LogP) is 1.79. The fourth-order valence-electron chi connectivity index (χ4n) is 3.79. The monoisotopic (exact) mass is 324 g/mol. The van der Waals surface area contributed by atoms with Gasteiger partial charge in [0.25, 0.3) is 0 Å². The molecule has 1 unspecified atom stereocenters. The molecule has 1 aromatic heterocycles. The molecule has 0 radical (unpaired) electrons. The molecule has 0 fully saturated rings. The molecule has 4 rings (SSSR count). The summed E-state index contributed by atoms with van der Waals surface area (Å²) < 4.78 is 2.25. The summed E-state index contributed by atoms with van der Waals surface area (Å²) in [5.74, 6) is 3.71. The third-order valence-corrected chi connectivity index (χ3v) is 5.13. The number of aryl methyl sites for hydroxylation is 2. The number of guanidine groups is 1. The first kappa shape index (κ1) is 15.2. The molecule has 0 spiro atoms. The number of benzene rings is 1. The molecule has 0 aliphatic carbocycles. The SMILES string of the molecule is CN=C(NCC1CCc2nnc(C)n2C1)N1CCc2ccccc21. The maximum absolute atomic E-state index is 4.51. The van der Waals surface area contributed by atoms with E-state index in [9.17, 15) is 0 Å². The van der Waals surface area contributed by atoms with Gasteiger partial charge in [-0.3, -0.25) is 4.99 Å². The van der Waals surface area contributed by atoms with Gasteiger partial charge in [-0.05, 0) is 37.3 Å². The summed E-state index contributed by atoms with van der Waals surface area (Å²) in [5, 5.41) is 12.0. The summed E-state index contributed by atoms with van der Waals surface area (Å²) in [4.78, 5) is 6.80. The van der Waals surface area contributed by atoms with Gasteiger partial charge in [0.2, 0.25) is 0 Å². The van der Waals surface area contributed by atoms with E-state index in [-0.39, 0.29) is 0 Å². The normalized spacial score (nSPS) is 20.0. The number of aromatic nitrogens is 3. The summed E-state index contributed by atoms with van der Waals surface area (Å²) in [5.41, 5.74) is 2.69. The standard InChI is InChI=1S/C18H24N6/c1-13-21-22-17-8-7-14(12-24(13)17)11-20-18(19-2)23-10-9-15-5-3-4-6-16(15)23/h3-6,14H,7-12H2,1-2H3,(H,19,20). The molecule has 2 aliphatic heterocycles. The van der Waals surface area contributed by atoms with Crippen LogP contribution in [0.4, 0.5) is 5.69 Å². The number of para-hydroxylation sites is 1. The van der Waals surface area contributed by atoms with Gasteiger partial charge in [-0.25, -0.2) is 0 Å². The first-order valence-corrected chi connectivity index (χ1v) is 8.71. The second-order valence-electron chi connectivity index (χ2n) is 6.64. The van der Waals surface area contributed by atoms with Crippen molar-refractivity contribution in [2.24, 2.45) is 10.9 Å². The molecule has 126 valence electrons. The minimum Gasteiger partial charge on any atom is -0.356 e. The molecule has 6 heteroatoms. The minimum atomic E-state index is 0.585. The van der Waals surface area contributed by atoms with Gasteiger partial charge in [-0.1, -0.05) is 18.2 Å². The van der Waals surface area contributed by atoms with E-state index in [1.807, 2.05) is 14.0 Å². The molecule has 1 aromatic carbocycles. The van der Waals surface area contributed by atoms with Crippen molar-refractivity contribution < 1.29 is 0 Å². The molecule has 1 N–H and O–H groups in total. The van der Waals surface area contributed by atoms with Crippen LogP contribution in [0.25, 0.3) is 0 Å². The average molecular weight is 324 g/mol. The Labute approximate surface area is 142 Å². The van der Waals surface area contributed by atoms with Gasteiger partial charge >= 0.3 is 0 Å². The van der Waals surface area contributed by atoms with Gasteiger partial charge in [0, 0.05) is 38.8 Å². The van der Waals surface area contributed by atoms with Crippen molar-refractivity contribution >= 4 is 11.6 Å². The smallest absolute Gasteiger partial charge is 0.198 e. The third-order valence-electron chi connectivity index (χ3n) is 5.13. The molecule has 0 amide bonds. The van der Waals surface area contributed by atoms with Gasteiger partial charge in [0.05, 0.1) is 0 Å². The number of hydrogen-bond donors (Lipinski definition) is 1. The molecule has 0 saturated carbocycles. The highest BCUT2D eigenvalue weighted by Crippen LogP contribution is 2.27. The third kappa shape index (κ3) is 2.66. The number of anilines is 1. The highest BCUT2D eigenvalue weighted by molar-refractivity contribution is 5.97. The van der Waals surface area contributed by atoms with E-state index in [1.165, 1.54) is 11.3 Å². The lowest BCUT2D eigenvalue weighted by atomic mass is 9.99. The largest absolute Gasteiger partial charge is 0.356 e. The molecule has 1 atom stereocenters. The number of nitrogens with zero attached hydrogens (tertiary/aromatic N) is 5. The van der Waals surface area contributed by atoms with E-state index < -0.39 is 0 Å². The Balaban J connectivity index is 1.41. The van der Waals surface area contributed by atoms with Crippen molar-refractivity contribution in [3.8, 4) is 0 Å². The minimum absolute atomic E-state index is 0.585. The van der Waals surface area contributed by atoms with Gasteiger partial charge < -0.3 is 14.8 Å². The number of rotatable bonds is 2. The summed E-state index contributed by atoms with van der Waals surface area (Å²) in [6.45, 7) is 4.96. The van der Waals surface area contributed by atoms with Crippen LogP contribution in [0.5, 0.6) is 0 Å². The molecule has 6 nitrogen and oxygen atoms in total. The zero-order valence-corrected chi connectivity index (χ0v) is 14.4. The Kier molecular flexibility index (Phi) is 3.96. The van der Waals surface area contributed by atoms with Crippen molar-refractivity contribution in [3.63, 3.8) is 0 Å². The van der Waals surface area contributed by atoms with Gasteiger partial charge in [0.1, 0.15) is 11.6 Å². The van der Waals surface area contributed by atoms with Crippen molar-refractivity contribution in [2.45, 2.75) is 32.7 Å². The molecule has 0 saturated heterocycles. The van der Waals surface area contributed by atoms with Crippen molar-refractivity contribution in [2.75, 3.05) is 25.0 Å². The van der Waals surface area contributed by atoms with E-state index in [1.54, 1.807) is 0 Å². The van der Waals surface area contributed by atoms with Crippen LogP contribution in [0, 0.1) is 12.8 Å². The van der Waals surface area contributed by atoms with Crippen LogP contribution in [0.15, 0.2) is 29.3 Å². The van der Waals surface area contributed by atoms with Crippen molar-refractivity contribution in [3.05, 3.63) is 41.5 Å². The second-order valence-corrected chi connectivity index (χ2v) is 6.64. The topological polar surface area (TPSA) is 58.3 Å². The van der Waals surface area contributed by atoms with Crippen LogP contribution < -0.4 is 10.2 Å². The van der Waals surface area contributed by atoms with Crippen LogP contribution >= 0.6 is 0 Å². The molecule has 24 heavy (non-hydrogen) atoms. The highest BCUT2D eigenvalue weighted by atomic mass is 15.3. The van der Waals surface area contributed by atoms with Gasteiger partial charge in [-0.2, -0.15) is 0 Å². The fraction of sp³-hybridized carbons (Fsp3) is 0.500. The number of aliphatic imine (C=N–C) groups is 1. The molecule has 3 heterocycles. The predicted molar refractivity (Wildman–Crippen MR) is 95.4 cm³/mol. The lowest BCUT2D eigenvalue weighted by molar-refractivity contribution is 0.359. The summed E-state index contributed by atoms with van der Waals surface area (Å²) in [6.07, 6.45) is 3.25. The van der Waals surface area contributed by atoms with E-state index in [0.29, 0.717) is 5.92 Å². The van der Waals surface area contributed by atoms with Crippen LogP contribution in [-0.2, 0) is 19.4 Å². The maximum atomic E-state index is 4.51. The molecular formula is C18H24N6. The lowest BCUT2D eigenvalue weighted by Crippen LogP contribution is -2.43. The van der Waals surface area contributed by atoms with Crippen molar-refractivity contribution in [1.29, 1.82) is 0 Å². The van der Waals surface area contributed by atoms with Crippen LogP contribution in [0.1, 0.15) is 23.6 Å². The number of fused-ring (bicyclic) bond motifs is 2. The van der Waals surface area contributed by atoms with Crippen LogP contribution in [0.2, 0.25) is 0 Å². The average Bonchev–Trinajstić information content (AvgIpc) is 3.20. The highest BCUT2D eigenvalue weighted by Gasteiger charge is 2.25. The fourth-order valence-corrected chi connectivity index (χ4v) is 3.79.